The number of hydrogen-bond donors (Lipinski definition) is 1. The molecule has 1 N–H and O–H groups in total. The zero-order valence-corrected chi connectivity index (χ0v) is 12.5. The van der Waals surface area contributed by atoms with Crippen LogP contribution < -0.4 is 5.32 Å². The molecule has 1 saturated heterocycles. The molecular weight excluding hydrogens is 292 g/mol. The van der Waals surface area contributed by atoms with E-state index in [1.54, 1.807) is 4.90 Å². The van der Waals surface area contributed by atoms with Crippen molar-refractivity contribution in [1.82, 2.24) is 10.2 Å². The van der Waals surface area contributed by atoms with Crippen molar-refractivity contribution in [2.75, 3.05) is 19.0 Å². The van der Waals surface area contributed by atoms with E-state index in [1.807, 2.05) is 30.3 Å². The lowest BCUT2D eigenvalue weighted by atomic mass is 10.0. The minimum atomic E-state index is -2.39. The summed E-state index contributed by atoms with van der Waals surface area (Å²) in [7, 11) is 0. The summed E-state index contributed by atoms with van der Waals surface area (Å²) in [5.41, 5.74) is 0.997. The fourth-order valence-corrected chi connectivity index (χ4v) is 2.62. The molecule has 1 aliphatic heterocycles. The van der Waals surface area contributed by atoms with E-state index in [2.05, 4.69) is 5.32 Å². The van der Waals surface area contributed by atoms with Crippen LogP contribution in [-0.2, 0) is 22.4 Å². The molecule has 1 atom stereocenters. The second kappa shape index (κ2) is 8.11. The van der Waals surface area contributed by atoms with Crippen molar-refractivity contribution in [1.29, 1.82) is 0 Å². The highest BCUT2D eigenvalue weighted by Gasteiger charge is 2.26. The number of carbonyl (C=O) groups excluding carboxylic acids is 1. The average Bonchev–Trinajstić information content (AvgIpc) is 2.52. The number of amides is 1. The minimum absolute atomic E-state index is 0.0686. The lowest BCUT2D eigenvalue weighted by Gasteiger charge is -2.34. The molecule has 116 valence electrons. The van der Waals surface area contributed by atoms with E-state index >= 15 is 0 Å². The fourth-order valence-electron chi connectivity index (χ4n) is 2.42. The lowest BCUT2D eigenvalue weighted by Crippen LogP contribution is -2.46. The summed E-state index contributed by atoms with van der Waals surface area (Å²) in [6.07, 6.45) is 1.10. The Balaban J connectivity index is 2.05. The average molecular weight is 311 g/mol. The standard InChI is InChI=1S/C14H20N2O4S/c17-14(20-11-21(18)19)16(13-6-8-15-9-7-13)10-12-4-2-1-3-5-12/h1-5,13,15H,6-11H2,(H,18,19)/p-1. The van der Waals surface area contributed by atoms with Crippen molar-refractivity contribution < 1.29 is 18.3 Å². The molecule has 2 rings (SSSR count). The molecule has 0 aromatic heterocycles. The molecule has 0 aliphatic carbocycles. The van der Waals surface area contributed by atoms with Crippen molar-refractivity contribution in [3.63, 3.8) is 0 Å². The van der Waals surface area contributed by atoms with Gasteiger partial charge in [-0.3, -0.25) is 4.21 Å². The molecular formula is C14H19N2O4S-. The molecule has 0 saturated carbocycles. The van der Waals surface area contributed by atoms with Crippen LogP contribution in [0.1, 0.15) is 18.4 Å². The van der Waals surface area contributed by atoms with Gasteiger partial charge < -0.3 is 19.5 Å². The molecule has 21 heavy (non-hydrogen) atoms. The lowest BCUT2D eigenvalue weighted by molar-refractivity contribution is 0.0864. The van der Waals surface area contributed by atoms with Gasteiger partial charge in [-0.1, -0.05) is 30.3 Å². The number of ether oxygens (including phenoxy) is 1. The Labute approximate surface area is 126 Å². The molecule has 0 radical (unpaired) electrons. The maximum Gasteiger partial charge on any atom is 0.411 e. The van der Waals surface area contributed by atoms with Crippen molar-refractivity contribution >= 4 is 17.2 Å². The van der Waals surface area contributed by atoms with E-state index in [-0.39, 0.29) is 6.04 Å². The summed E-state index contributed by atoms with van der Waals surface area (Å²) in [5, 5.41) is 3.25. The number of nitrogens with one attached hydrogen (secondary N) is 1. The molecule has 1 heterocycles. The van der Waals surface area contributed by atoms with Gasteiger partial charge in [0.2, 0.25) is 0 Å². The van der Waals surface area contributed by atoms with E-state index in [0.717, 1.165) is 31.5 Å². The van der Waals surface area contributed by atoms with Crippen LogP contribution in [0.4, 0.5) is 4.79 Å². The number of hydrogen-bond acceptors (Lipinski definition) is 5. The quantitative estimate of drug-likeness (QED) is 0.827. The second-order valence-corrected chi connectivity index (χ2v) is 5.77. The van der Waals surface area contributed by atoms with Crippen LogP contribution in [0.2, 0.25) is 0 Å². The smallest absolute Gasteiger partial charge is 0.411 e. The van der Waals surface area contributed by atoms with Gasteiger partial charge in [0.25, 0.3) is 0 Å². The van der Waals surface area contributed by atoms with E-state index in [9.17, 15) is 13.6 Å². The van der Waals surface area contributed by atoms with E-state index in [4.69, 9.17) is 4.74 Å². The molecule has 7 heteroatoms. The summed E-state index contributed by atoms with van der Waals surface area (Å²) in [6.45, 7) is 2.11. The summed E-state index contributed by atoms with van der Waals surface area (Å²) >= 11 is -2.39. The molecule has 1 aromatic carbocycles. The second-order valence-electron chi connectivity index (χ2n) is 4.93. The Morgan fingerprint density at radius 2 is 2.00 bits per heavy atom. The third-order valence-electron chi connectivity index (χ3n) is 3.46. The summed E-state index contributed by atoms with van der Waals surface area (Å²) < 4.78 is 26.0. The fraction of sp³-hybridized carbons (Fsp3) is 0.500. The van der Waals surface area contributed by atoms with Gasteiger partial charge in [-0.05, 0) is 42.6 Å². The summed E-state index contributed by atoms with van der Waals surface area (Å²) in [6, 6.07) is 9.68. The first-order valence-corrected chi connectivity index (χ1v) is 8.15. The first-order chi connectivity index (χ1) is 10.2. The summed E-state index contributed by atoms with van der Waals surface area (Å²) in [5.74, 6) is -0.602. The van der Waals surface area contributed by atoms with Gasteiger partial charge in [-0.25, -0.2) is 4.79 Å². The normalized spacial score (nSPS) is 17.2. The third kappa shape index (κ3) is 5.11. The maximum absolute atomic E-state index is 12.2. The topological polar surface area (TPSA) is 81.7 Å². The molecule has 1 amide bonds. The van der Waals surface area contributed by atoms with Crippen molar-refractivity contribution in [3.05, 3.63) is 35.9 Å². The molecule has 1 unspecified atom stereocenters. The molecule has 6 nitrogen and oxygen atoms in total. The zero-order valence-electron chi connectivity index (χ0n) is 11.7. The molecule has 1 aliphatic rings. The molecule has 0 spiro atoms. The largest absolute Gasteiger partial charge is 0.770 e. The summed E-state index contributed by atoms with van der Waals surface area (Å²) in [4.78, 5) is 13.8. The monoisotopic (exact) mass is 311 g/mol. The molecule has 1 aromatic rings. The highest BCUT2D eigenvalue weighted by molar-refractivity contribution is 7.78. The van der Waals surface area contributed by atoms with Crippen LogP contribution >= 0.6 is 0 Å². The van der Waals surface area contributed by atoms with Gasteiger partial charge >= 0.3 is 6.09 Å². The first kappa shape index (κ1) is 15.9. The van der Waals surface area contributed by atoms with Gasteiger partial charge in [-0.2, -0.15) is 0 Å². The van der Waals surface area contributed by atoms with E-state index in [1.165, 1.54) is 0 Å². The van der Waals surface area contributed by atoms with Crippen LogP contribution in [-0.4, -0.2) is 44.8 Å². The number of carbonyl (C=O) groups is 1. The first-order valence-electron chi connectivity index (χ1n) is 6.90. The van der Waals surface area contributed by atoms with Gasteiger partial charge in [0.15, 0.2) is 5.94 Å². The molecule has 1 fully saturated rings. The van der Waals surface area contributed by atoms with Crippen LogP contribution in [0.3, 0.4) is 0 Å². The Morgan fingerprint density at radius 1 is 1.33 bits per heavy atom. The highest BCUT2D eigenvalue weighted by Crippen LogP contribution is 2.17. The van der Waals surface area contributed by atoms with E-state index in [0.29, 0.717) is 6.54 Å². The van der Waals surface area contributed by atoms with Gasteiger partial charge in [0.1, 0.15) is 0 Å². The van der Waals surface area contributed by atoms with Crippen LogP contribution in [0.25, 0.3) is 0 Å². The Kier molecular flexibility index (Phi) is 6.16. The number of benzene rings is 1. The third-order valence-corrected chi connectivity index (χ3v) is 3.77. The highest BCUT2D eigenvalue weighted by atomic mass is 32.2. The van der Waals surface area contributed by atoms with Gasteiger partial charge in [-0.15, -0.1) is 0 Å². The number of piperidine rings is 1. The van der Waals surface area contributed by atoms with Crippen molar-refractivity contribution in [2.24, 2.45) is 0 Å². The predicted octanol–water partition coefficient (Wildman–Crippen LogP) is 1.21. The van der Waals surface area contributed by atoms with Crippen LogP contribution in [0.5, 0.6) is 0 Å². The van der Waals surface area contributed by atoms with Crippen LogP contribution in [0.15, 0.2) is 30.3 Å². The van der Waals surface area contributed by atoms with E-state index < -0.39 is 23.1 Å². The Morgan fingerprint density at radius 3 is 2.62 bits per heavy atom. The maximum atomic E-state index is 12.2. The van der Waals surface area contributed by atoms with Crippen molar-refractivity contribution in [3.8, 4) is 0 Å². The number of nitrogens with zero attached hydrogens (tertiary/aromatic N) is 1. The Hall–Kier alpha value is -1.44. The van der Waals surface area contributed by atoms with Gasteiger partial charge in [0, 0.05) is 12.6 Å². The number of rotatable bonds is 5. The minimum Gasteiger partial charge on any atom is -0.770 e. The predicted molar refractivity (Wildman–Crippen MR) is 78.1 cm³/mol. The zero-order chi connectivity index (χ0) is 15.1. The Bertz CT molecular complexity index is 477. The van der Waals surface area contributed by atoms with Crippen molar-refractivity contribution in [2.45, 2.75) is 25.4 Å². The van der Waals surface area contributed by atoms with Crippen LogP contribution in [0, 0.1) is 0 Å². The van der Waals surface area contributed by atoms with Gasteiger partial charge in [0.05, 0.1) is 0 Å². The molecule has 0 bridgehead atoms. The SMILES string of the molecule is O=C(OCS(=O)[O-])N(Cc1ccccc1)C1CCNCC1.